The van der Waals surface area contributed by atoms with E-state index in [1.165, 1.54) is 5.69 Å². The van der Waals surface area contributed by atoms with Crippen LogP contribution in [0.4, 0.5) is 5.69 Å². The molecule has 114 valence electrons. The molecule has 0 saturated carbocycles. The van der Waals surface area contributed by atoms with Crippen molar-refractivity contribution in [1.29, 1.82) is 0 Å². The number of benzene rings is 1. The van der Waals surface area contributed by atoms with Crippen molar-refractivity contribution in [3.8, 4) is 5.75 Å². The molecule has 0 atom stereocenters. The summed E-state index contributed by atoms with van der Waals surface area (Å²) in [5.74, 6) is 0.920. The number of nitrogens with zero attached hydrogens (tertiary/aromatic N) is 1. The minimum Gasteiger partial charge on any atom is -0.488 e. The van der Waals surface area contributed by atoms with Crippen LogP contribution in [0.5, 0.6) is 5.75 Å². The first-order chi connectivity index (χ1) is 8.81. The van der Waals surface area contributed by atoms with Gasteiger partial charge in [0.15, 0.2) is 0 Å². The van der Waals surface area contributed by atoms with E-state index in [-0.39, 0.29) is 16.7 Å². The van der Waals surface area contributed by atoms with Gasteiger partial charge in [-0.2, -0.15) is 0 Å². The third-order valence-corrected chi connectivity index (χ3v) is 2.86. The monoisotopic (exact) mass is 277 g/mol. The minimum atomic E-state index is -0.157. The molecule has 0 aliphatic carbocycles. The lowest BCUT2D eigenvalue weighted by atomic mass is 9.95. The Bertz CT molecular complexity index is 412. The van der Waals surface area contributed by atoms with Gasteiger partial charge in [-0.3, -0.25) is 0 Å². The fourth-order valence-electron chi connectivity index (χ4n) is 2.80. The van der Waals surface area contributed by atoms with Crippen LogP contribution >= 0.6 is 0 Å². The predicted molar refractivity (Wildman–Crippen MR) is 88.8 cm³/mol. The number of hydrogen-bond acceptors (Lipinski definition) is 2. The molecule has 0 aliphatic heterocycles. The van der Waals surface area contributed by atoms with Crippen molar-refractivity contribution < 1.29 is 4.74 Å². The molecule has 0 aliphatic rings. The Labute approximate surface area is 125 Å². The van der Waals surface area contributed by atoms with Gasteiger partial charge in [-0.15, -0.1) is 0 Å². The van der Waals surface area contributed by atoms with E-state index >= 15 is 0 Å². The zero-order valence-electron chi connectivity index (χ0n) is 14.7. The minimum absolute atomic E-state index is 0.0741. The third-order valence-electron chi connectivity index (χ3n) is 2.86. The Morgan fingerprint density at radius 2 is 1.10 bits per heavy atom. The predicted octanol–water partition coefficient (Wildman–Crippen LogP) is 5.27. The van der Waals surface area contributed by atoms with E-state index in [0.717, 1.165) is 5.75 Å². The largest absolute Gasteiger partial charge is 0.488 e. The van der Waals surface area contributed by atoms with Crippen LogP contribution in [0.25, 0.3) is 0 Å². The van der Waals surface area contributed by atoms with E-state index in [0.29, 0.717) is 0 Å². The summed E-state index contributed by atoms with van der Waals surface area (Å²) in [6.07, 6.45) is 0. The van der Waals surface area contributed by atoms with Gasteiger partial charge >= 0.3 is 0 Å². The van der Waals surface area contributed by atoms with Crippen LogP contribution in [0.3, 0.4) is 0 Å². The third kappa shape index (κ3) is 4.73. The van der Waals surface area contributed by atoms with Gasteiger partial charge in [0, 0.05) is 16.8 Å². The standard InChI is InChI=1S/C18H31NO/c1-16(2,3)19(17(4,5)6)14-10-12-15(13-11-14)20-18(7,8)9/h10-13H,1-9H3. The van der Waals surface area contributed by atoms with E-state index in [2.05, 4.69) is 91.5 Å². The molecular formula is C18H31NO. The Kier molecular flexibility index (Phi) is 4.48. The highest BCUT2D eigenvalue weighted by Crippen LogP contribution is 2.33. The van der Waals surface area contributed by atoms with Crippen LogP contribution in [-0.2, 0) is 0 Å². The molecule has 0 amide bonds. The molecule has 0 bridgehead atoms. The van der Waals surface area contributed by atoms with Gasteiger partial charge in [-0.25, -0.2) is 0 Å². The molecule has 0 fully saturated rings. The number of rotatable bonds is 2. The fraction of sp³-hybridized carbons (Fsp3) is 0.667. The van der Waals surface area contributed by atoms with Crippen LogP contribution in [0.1, 0.15) is 62.3 Å². The van der Waals surface area contributed by atoms with Crippen molar-refractivity contribution in [1.82, 2.24) is 0 Å². The second kappa shape index (κ2) is 5.31. The first kappa shape index (κ1) is 16.9. The van der Waals surface area contributed by atoms with Crippen molar-refractivity contribution in [3.05, 3.63) is 24.3 Å². The molecule has 1 aromatic carbocycles. The number of hydrogen-bond donors (Lipinski definition) is 0. The molecule has 1 rings (SSSR count). The van der Waals surface area contributed by atoms with E-state index < -0.39 is 0 Å². The average molecular weight is 277 g/mol. The molecule has 1 aromatic rings. The van der Waals surface area contributed by atoms with Crippen LogP contribution in [0.15, 0.2) is 24.3 Å². The molecule has 20 heavy (non-hydrogen) atoms. The van der Waals surface area contributed by atoms with Crippen LogP contribution in [0, 0.1) is 0 Å². The zero-order valence-corrected chi connectivity index (χ0v) is 14.7. The summed E-state index contributed by atoms with van der Waals surface area (Å²) in [5, 5.41) is 0. The molecule has 0 radical (unpaired) electrons. The van der Waals surface area contributed by atoms with Crippen molar-refractivity contribution in [2.75, 3.05) is 4.90 Å². The summed E-state index contributed by atoms with van der Waals surface area (Å²) >= 11 is 0. The lowest BCUT2D eigenvalue weighted by Crippen LogP contribution is -2.53. The SMILES string of the molecule is CC(C)(C)Oc1ccc(N(C(C)(C)C)C(C)(C)C)cc1. The first-order valence-electron chi connectivity index (χ1n) is 7.40. The normalized spacial score (nSPS) is 13.2. The van der Waals surface area contributed by atoms with E-state index in [4.69, 9.17) is 4.74 Å². The van der Waals surface area contributed by atoms with Gasteiger partial charge in [0.25, 0.3) is 0 Å². The molecule has 2 heteroatoms. The van der Waals surface area contributed by atoms with Crippen molar-refractivity contribution >= 4 is 5.69 Å². The maximum Gasteiger partial charge on any atom is 0.120 e. The smallest absolute Gasteiger partial charge is 0.120 e. The van der Waals surface area contributed by atoms with Crippen LogP contribution in [-0.4, -0.2) is 16.7 Å². The fourth-order valence-corrected chi connectivity index (χ4v) is 2.80. The topological polar surface area (TPSA) is 12.5 Å². The van der Waals surface area contributed by atoms with Crippen molar-refractivity contribution in [3.63, 3.8) is 0 Å². The highest BCUT2D eigenvalue weighted by atomic mass is 16.5. The molecule has 0 spiro atoms. The molecule has 0 heterocycles. The number of ether oxygens (including phenoxy) is 1. The maximum atomic E-state index is 5.89. The molecule has 0 unspecified atom stereocenters. The summed E-state index contributed by atoms with van der Waals surface area (Å²) in [6.45, 7) is 19.7. The second-order valence-electron chi connectivity index (χ2n) is 8.39. The highest BCUT2D eigenvalue weighted by Gasteiger charge is 2.31. The molecule has 0 N–H and O–H groups in total. The summed E-state index contributed by atoms with van der Waals surface area (Å²) in [7, 11) is 0. The highest BCUT2D eigenvalue weighted by molar-refractivity contribution is 5.53. The molecule has 0 aromatic heterocycles. The van der Waals surface area contributed by atoms with E-state index in [1.54, 1.807) is 0 Å². The summed E-state index contributed by atoms with van der Waals surface area (Å²) < 4.78 is 5.89. The summed E-state index contributed by atoms with van der Waals surface area (Å²) in [6, 6.07) is 8.42. The molecule has 2 nitrogen and oxygen atoms in total. The average Bonchev–Trinajstić information content (AvgIpc) is 2.14. The van der Waals surface area contributed by atoms with Gasteiger partial charge < -0.3 is 9.64 Å². The lowest BCUT2D eigenvalue weighted by Gasteiger charge is -2.47. The summed E-state index contributed by atoms with van der Waals surface area (Å²) in [4.78, 5) is 2.45. The van der Waals surface area contributed by atoms with Crippen LogP contribution < -0.4 is 9.64 Å². The van der Waals surface area contributed by atoms with Crippen LogP contribution in [0.2, 0.25) is 0 Å². The van der Waals surface area contributed by atoms with Gasteiger partial charge in [0.2, 0.25) is 0 Å². The van der Waals surface area contributed by atoms with Crippen molar-refractivity contribution in [2.24, 2.45) is 0 Å². The molecular weight excluding hydrogens is 246 g/mol. The van der Waals surface area contributed by atoms with Gasteiger partial charge in [0.1, 0.15) is 11.4 Å². The summed E-state index contributed by atoms with van der Waals surface area (Å²) in [5.41, 5.74) is 1.22. The first-order valence-corrected chi connectivity index (χ1v) is 7.40. The van der Waals surface area contributed by atoms with Gasteiger partial charge in [0.05, 0.1) is 0 Å². The van der Waals surface area contributed by atoms with Crippen molar-refractivity contribution in [2.45, 2.75) is 79.0 Å². The van der Waals surface area contributed by atoms with E-state index in [1.807, 2.05) is 0 Å². The quantitative estimate of drug-likeness (QED) is 0.730. The Balaban J connectivity index is 3.07. The second-order valence-corrected chi connectivity index (χ2v) is 8.39. The number of anilines is 1. The Hall–Kier alpha value is -1.18. The lowest BCUT2D eigenvalue weighted by molar-refractivity contribution is 0.131. The Morgan fingerprint density at radius 1 is 0.700 bits per heavy atom. The van der Waals surface area contributed by atoms with E-state index in [9.17, 15) is 0 Å². The maximum absolute atomic E-state index is 5.89. The van der Waals surface area contributed by atoms with Gasteiger partial charge in [-0.05, 0) is 86.6 Å². The van der Waals surface area contributed by atoms with Gasteiger partial charge in [-0.1, -0.05) is 0 Å². The Morgan fingerprint density at radius 3 is 1.40 bits per heavy atom. The molecule has 0 saturated heterocycles. The zero-order chi connectivity index (χ0) is 15.8.